The molecule has 0 aromatic heterocycles. The zero-order valence-electron chi connectivity index (χ0n) is 18.0. The first-order chi connectivity index (χ1) is 16.0. The Morgan fingerprint density at radius 3 is 2.18 bits per heavy atom. The minimum absolute atomic E-state index is 0.405. The number of carboxylic acid groups (broad SMARTS) is 1. The number of carboxylic acids is 1. The monoisotopic (exact) mass is 448 g/mol. The van der Waals surface area contributed by atoms with Crippen LogP contribution in [0.15, 0.2) is 84.0 Å². The summed E-state index contributed by atoms with van der Waals surface area (Å²) in [5.74, 6) is 0.208. The first kappa shape index (κ1) is 23.3. The van der Waals surface area contributed by atoms with Gasteiger partial charge in [-0.15, -0.1) is 0 Å². The zero-order valence-corrected chi connectivity index (χ0v) is 18.0. The van der Waals surface area contributed by atoms with Gasteiger partial charge in [-0.2, -0.15) is 5.10 Å². The molecule has 170 valence electrons. The molecule has 0 aliphatic heterocycles. The first-order valence-electron chi connectivity index (χ1n) is 10.2. The van der Waals surface area contributed by atoms with Crippen molar-refractivity contribution >= 4 is 18.1 Å². The molecule has 3 aromatic rings. The van der Waals surface area contributed by atoms with Gasteiger partial charge in [0, 0.05) is 0 Å². The van der Waals surface area contributed by atoms with Crippen molar-refractivity contribution in [1.82, 2.24) is 5.43 Å². The highest BCUT2D eigenvalue weighted by Gasteiger charge is 2.14. The average molecular weight is 448 g/mol. The minimum atomic E-state index is -1.05. The number of amides is 1. The summed E-state index contributed by atoms with van der Waals surface area (Å²) < 4.78 is 16.4. The Labute approximate surface area is 191 Å². The molecule has 0 aliphatic carbocycles. The summed E-state index contributed by atoms with van der Waals surface area (Å²) in [7, 11) is 0. The maximum Gasteiger partial charge on any atom is 0.341 e. The molecule has 0 bridgehead atoms. The lowest BCUT2D eigenvalue weighted by Crippen LogP contribution is -2.33. The van der Waals surface area contributed by atoms with Gasteiger partial charge in [-0.1, -0.05) is 30.3 Å². The third-order valence-electron chi connectivity index (χ3n) is 4.38. The van der Waals surface area contributed by atoms with Crippen molar-refractivity contribution in [3.05, 3.63) is 90.0 Å². The van der Waals surface area contributed by atoms with E-state index in [2.05, 4.69) is 10.5 Å². The Bertz CT molecular complexity index is 1070. The van der Waals surface area contributed by atoms with E-state index in [9.17, 15) is 9.59 Å². The van der Waals surface area contributed by atoms with E-state index in [0.717, 1.165) is 5.56 Å². The van der Waals surface area contributed by atoms with Crippen molar-refractivity contribution in [2.24, 2.45) is 5.10 Å². The predicted molar refractivity (Wildman–Crippen MR) is 123 cm³/mol. The molecule has 1 atom stereocenters. The van der Waals surface area contributed by atoms with Crippen LogP contribution in [0, 0.1) is 0 Å². The molecule has 8 nitrogen and oxygen atoms in total. The molecule has 8 heteroatoms. The standard InChI is InChI=1S/C25H24N2O6/c1-18(25(30)27-26-15-19-7-9-21(10-8-19)32-17-24(28)29)33-23-13-11-22(12-14-23)31-16-20-5-3-2-4-6-20/h2-15,18H,16-17H2,1H3,(H,27,30)(H,28,29)/b26-15-/t18-/m1/s1. The fraction of sp³-hybridized carbons (Fsp3) is 0.160. The van der Waals surface area contributed by atoms with Gasteiger partial charge in [-0.25, -0.2) is 10.2 Å². The fourth-order valence-corrected chi connectivity index (χ4v) is 2.67. The Morgan fingerprint density at radius 2 is 1.52 bits per heavy atom. The van der Waals surface area contributed by atoms with Crippen LogP contribution >= 0.6 is 0 Å². The van der Waals surface area contributed by atoms with Crippen LogP contribution in [0.5, 0.6) is 17.2 Å². The number of carbonyl (C=O) groups is 2. The topological polar surface area (TPSA) is 106 Å². The molecule has 2 N–H and O–H groups in total. The number of nitrogens with zero attached hydrogens (tertiary/aromatic N) is 1. The van der Waals surface area contributed by atoms with Crippen LogP contribution in [0.4, 0.5) is 0 Å². The summed E-state index contributed by atoms with van der Waals surface area (Å²) in [6.45, 7) is 1.68. The molecule has 3 aromatic carbocycles. The van der Waals surface area contributed by atoms with Crippen LogP contribution in [0.3, 0.4) is 0 Å². The summed E-state index contributed by atoms with van der Waals surface area (Å²) in [6, 6.07) is 23.5. The second-order valence-corrected chi connectivity index (χ2v) is 6.99. The van der Waals surface area contributed by atoms with E-state index in [1.807, 2.05) is 30.3 Å². The summed E-state index contributed by atoms with van der Waals surface area (Å²) in [4.78, 5) is 22.7. The molecule has 0 fully saturated rings. The maximum atomic E-state index is 12.2. The lowest BCUT2D eigenvalue weighted by molar-refractivity contribution is -0.139. The largest absolute Gasteiger partial charge is 0.489 e. The summed E-state index contributed by atoms with van der Waals surface area (Å²) in [5, 5.41) is 12.5. The molecular weight excluding hydrogens is 424 g/mol. The smallest absolute Gasteiger partial charge is 0.341 e. The third kappa shape index (κ3) is 8.02. The van der Waals surface area contributed by atoms with E-state index in [0.29, 0.717) is 29.4 Å². The molecule has 1 amide bonds. The van der Waals surface area contributed by atoms with E-state index in [-0.39, 0.29) is 0 Å². The van der Waals surface area contributed by atoms with Crippen molar-refractivity contribution in [2.75, 3.05) is 6.61 Å². The van der Waals surface area contributed by atoms with Gasteiger partial charge in [0.15, 0.2) is 12.7 Å². The highest BCUT2D eigenvalue weighted by molar-refractivity contribution is 5.84. The van der Waals surface area contributed by atoms with Gasteiger partial charge in [-0.05, 0) is 66.6 Å². The molecular formula is C25H24N2O6. The fourth-order valence-electron chi connectivity index (χ4n) is 2.67. The van der Waals surface area contributed by atoms with E-state index in [4.69, 9.17) is 19.3 Å². The Hall–Kier alpha value is -4.33. The molecule has 0 radical (unpaired) electrons. The van der Waals surface area contributed by atoms with E-state index in [1.54, 1.807) is 55.5 Å². The minimum Gasteiger partial charge on any atom is -0.489 e. The molecule has 33 heavy (non-hydrogen) atoms. The van der Waals surface area contributed by atoms with Crippen LogP contribution in [-0.4, -0.2) is 35.9 Å². The summed E-state index contributed by atoms with van der Waals surface area (Å²) in [5.41, 5.74) is 4.21. The molecule has 0 saturated carbocycles. The van der Waals surface area contributed by atoms with Crippen molar-refractivity contribution in [1.29, 1.82) is 0 Å². The van der Waals surface area contributed by atoms with Crippen molar-refractivity contribution in [3.63, 3.8) is 0 Å². The number of hydrazone groups is 1. The first-order valence-corrected chi connectivity index (χ1v) is 10.2. The second-order valence-electron chi connectivity index (χ2n) is 6.99. The van der Waals surface area contributed by atoms with Gasteiger partial charge < -0.3 is 19.3 Å². The molecule has 0 unspecified atom stereocenters. The molecule has 3 rings (SSSR count). The normalized spacial score (nSPS) is 11.5. The van der Waals surface area contributed by atoms with Crippen LogP contribution in [0.2, 0.25) is 0 Å². The van der Waals surface area contributed by atoms with Gasteiger partial charge in [0.25, 0.3) is 5.91 Å². The van der Waals surface area contributed by atoms with E-state index >= 15 is 0 Å². The number of rotatable bonds is 11. The van der Waals surface area contributed by atoms with Crippen LogP contribution in [0.1, 0.15) is 18.1 Å². The van der Waals surface area contributed by atoms with Crippen molar-refractivity contribution < 1.29 is 28.9 Å². The molecule has 0 spiro atoms. The number of benzene rings is 3. The lowest BCUT2D eigenvalue weighted by Gasteiger charge is -2.13. The predicted octanol–water partition coefficient (Wildman–Crippen LogP) is 3.65. The zero-order chi connectivity index (χ0) is 23.5. The summed E-state index contributed by atoms with van der Waals surface area (Å²) >= 11 is 0. The van der Waals surface area contributed by atoms with E-state index < -0.39 is 24.6 Å². The van der Waals surface area contributed by atoms with Gasteiger partial charge in [-0.3, -0.25) is 4.79 Å². The van der Waals surface area contributed by atoms with Crippen LogP contribution in [-0.2, 0) is 16.2 Å². The van der Waals surface area contributed by atoms with Gasteiger partial charge >= 0.3 is 5.97 Å². The van der Waals surface area contributed by atoms with Gasteiger partial charge in [0.05, 0.1) is 6.21 Å². The third-order valence-corrected chi connectivity index (χ3v) is 4.38. The highest BCUT2D eigenvalue weighted by Crippen LogP contribution is 2.19. The lowest BCUT2D eigenvalue weighted by atomic mass is 10.2. The van der Waals surface area contributed by atoms with Gasteiger partial charge in [0.1, 0.15) is 23.9 Å². The van der Waals surface area contributed by atoms with Gasteiger partial charge in [0.2, 0.25) is 0 Å². The second kappa shape index (κ2) is 11.9. The van der Waals surface area contributed by atoms with Crippen molar-refractivity contribution in [2.45, 2.75) is 19.6 Å². The Morgan fingerprint density at radius 1 is 0.909 bits per heavy atom. The van der Waals surface area contributed by atoms with Crippen LogP contribution < -0.4 is 19.6 Å². The SMILES string of the molecule is C[C@@H](Oc1ccc(OCc2ccccc2)cc1)C(=O)N/N=C\c1ccc(OCC(=O)O)cc1. The quantitative estimate of drug-likeness (QED) is 0.343. The van der Waals surface area contributed by atoms with E-state index in [1.165, 1.54) is 6.21 Å². The number of hydrogen-bond donors (Lipinski definition) is 2. The number of ether oxygens (including phenoxy) is 3. The number of hydrogen-bond acceptors (Lipinski definition) is 6. The number of carbonyl (C=O) groups excluding carboxylic acids is 1. The number of nitrogens with one attached hydrogen (secondary N) is 1. The number of aliphatic carboxylic acids is 1. The molecule has 0 saturated heterocycles. The Balaban J connectivity index is 1.42. The maximum absolute atomic E-state index is 12.2. The average Bonchev–Trinajstić information content (AvgIpc) is 2.83. The van der Waals surface area contributed by atoms with Crippen molar-refractivity contribution in [3.8, 4) is 17.2 Å². The highest BCUT2D eigenvalue weighted by atomic mass is 16.5. The van der Waals surface area contributed by atoms with Crippen LogP contribution in [0.25, 0.3) is 0 Å². The summed E-state index contributed by atoms with van der Waals surface area (Å²) in [6.07, 6.45) is 0.704. The molecule has 0 aliphatic rings. The molecule has 0 heterocycles. The Kier molecular flexibility index (Phi) is 8.41.